The fourth-order valence-corrected chi connectivity index (χ4v) is 3.87. The fourth-order valence-electron chi connectivity index (χ4n) is 2.36. The second-order valence-electron chi connectivity index (χ2n) is 5.26. The molecular weight excluding hydrogens is 402 g/mol. The highest BCUT2D eigenvalue weighted by molar-refractivity contribution is 9.11. The SMILES string of the molecule is CCOc1c(Br)cc(CNCC2(O)CCOCC2)cc1Br. The normalized spacial score (nSPS) is 17.7. The van der Waals surface area contributed by atoms with E-state index in [0.717, 1.165) is 20.3 Å². The Morgan fingerprint density at radius 3 is 2.48 bits per heavy atom. The van der Waals surface area contributed by atoms with E-state index in [1.54, 1.807) is 0 Å². The van der Waals surface area contributed by atoms with Gasteiger partial charge in [0.25, 0.3) is 0 Å². The Kier molecular flexibility index (Phi) is 6.50. The van der Waals surface area contributed by atoms with Crippen molar-refractivity contribution >= 4 is 31.9 Å². The minimum atomic E-state index is -0.641. The van der Waals surface area contributed by atoms with Crippen molar-refractivity contribution in [2.24, 2.45) is 0 Å². The standard InChI is InChI=1S/C15H21Br2NO3/c1-2-21-14-12(16)7-11(8-13(14)17)9-18-10-15(19)3-5-20-6-4-15/h7-8,18-19H,2-6,9-10H2,1H3. The van der Waals surface area contributed by atoms with Crippen LogP contribution in [0.2, 0.25) is 0 Å². The Balaban J connectivity index is 1.91. The number of hydrogen-bond acceptors (Lipinski definition) is 4. The lowest BCUT2D eigenvalue weighted by atomic mass is 9.94. The summed E-state index contributed by atoms with van der Waals surface area (Å²) in [4.78, 5) is 0. The molecule has 0 bridgehead atoms. The van der Waals surface area contributed by atoms with Crippen LogP contribution >= 0.6 is 31.9 Å². The first-order valence-corrected chi connectivity index (χ1v) is 8.74. The van der Waals surface area contributed by atoms with E-state index < -0.39 is 5.60 Å². The summed E-state index contributed by atoms with van der Waals surface area (Å²) in [5.74, 6) is 0.823. The first-order chi connectivity index (χ1) is 10.0. The van der Waals surface area contributed by atoms with Crippen LogP contribution in [0.15, 0.2) is 21.1 Å². The van der Waals surface area contributed by atoms with Crippen LogP contribution in [-0.2, 0) is 11.3 Å². The Labute approximate surface area is 142 Å². The number of benzene rings is 1. The highest BCUT2D eigenvalue weighted by atomic mass is 79.9. The molecule has 1 saturated heterocycles. The molecule has 2 rings (SSSR count). The number of aliphatic hydroxyl groups is 1. The predicted molar refractivity (Wildman–Crippen MR) is 89.7 cm³/mol. The molecule has 4 nitrogen and oxygen atoms in total. The van der Waals surface area contributed by atoms with E-state index >= 15 is 0 Å². The molecule has 0 spiro atoms. The molecule has 0 aromatic heterocycles. The maximum atomic E-state index is 10.4. The van der Waals surface area contributed by atoms with Crippen LogP contribution < -0.4 is 10.1 Å². The topological polar surface area (TPSA) is 50.7 Å². The largest absolute Gasteiger partial charge is 0.492 e. The molecule has 1 aliphatic heterocycles. The van der Waals surface area contributed by atoms with E-state index in [-0.39, 0.29) is 0 Å². The van der Waals surface area contributed by atoms with Crippen molar-refractivity contribution in [2.45, 2.75) is 31.9 Å². The van der Waals surface area contributed by atoms with E-state index in [2.05, 4.69) is 37.2 Å². The Bertz CT molecular complexity index is 453. The fraction of sp³-hybridized carbons (Fsp3) is 0.600. The van der Waals surface area contributed by atoms with Crippen LogP contribution in [-0.4, -0.2) is 37.1 Å². The van der Waals surface area contributed by atoms with Crippen molar-refractivity contribution in [1.82, 2.24) is 5.32 Å². The number of hydrogen-bond donors (Lipinski definition) is 2. The molecule has 1 aromatic rings. The van der Waals surface area contributed by atoms with Crippen LogP contribution in [0.4, 0.5) is 0 Å². The average Bonchev–Trinajstić information content (AvgIpc) is 2.43. The lowest BCUT2D eigenvalue weighted by Crippen LogP contribution is -2.44. The van der Waals surface area contributed by atoms with Crippen molar-refractivity contribution in [1.29, 1.82) is 0 Å². The quantitative estimate of drug-likeness (QED) is 0.738. The van der Waals surface area contributed by atoms with Gasteiger partial charge in [0.2, 0.25) is 0 Å². The third-order valence-corrected chi connectivity index (χ3v) is 4.73. The van der Waals surface area contributed by atoms with Crippen molar-refractivity contribution in [3.63, 3.8) is 0 Å². The summed E-state index contributed by atoms with van der Waals surface area (Å²) in [6.07, 6.45) is 1.38. The Morgan fingerprint density at radius 2 is 1.90 bits per heavy atom. The van der Waals surface area contributed by atoms with Gasteiger partial charge in [-0.3, -0.25) is 0 Å². The van der Waals surface area contributed by atoms with E-state index in [0.29, 0.717) is 45.8 Å². The number of ether oxygens (including phenoxy) is 2. The first kappa shape index (κ1) is 17.2. The van der Waals surface area contributed by atoms with Gasteiger partial charge in [0.15, 0.2) is 0 Å². The minimum absolute atomic E-state index is 0.582. The zero-order valence-electron chi connectivity index (χ0n) is 12.1. The molecule has 0 saturated carbocycles. The average molecular weight is 423 g/mol. The third kappa shape index (κ3) is 4.93. The lowest BCUT2D eigenvalue weighted by molar-refractivity contribution is -0.0617. The number of nitrogens with one attached hydrogen (secondary N) is 1. The van der Waals surface area contributed by atoms with Gasteiger partial charge in [-0.25, -0.2) is 0 Å². The second-order valence-corrected chi connectivity index (χ2v) is 6.97. The van der Waals surface area contributed by atoms with E-state index in [9.17, 15) is 5.11 Å². The van der Waals surface area contributed by atoms with Crippen molar-refractivity contribution in [2.75, 3.05) is 26.4 Å². The lowest BCUT2D eigenvalue weighted by Gasteiger charge is -2.32. The predicted octanol–water partition coefficient (Wildman–Crippen LogP) is 3.24. The van der Waals surface area contributed by atoms with Crippen LogP contribution in [0.1, 0.15) is 25.3 Å². The Morgan fingerprint density at radius 1 is 1.29 bits per heavy atom. The molecule has 118 valence electrons. The monoisotopic (exact) mass is 421 g/mol. The second kappa shape index (κ2) is 7.92. The van der Waals surface area contributed by atoms with Crippen molar-refractivity contribution < 1.29 is 14.6 Å². The van der Waals surface area contributed by atoms with Crippen LogP contribution in [0, 0.1) is 0 Å². The smallest absolute Gasteiger partial charge is 0.147 e. The summed E-state index contributed by atoms with van der Waals surface area (Å²) in [6.45, 7) is 5.15. The summed E-state index contributed by atoms with van der Waals surface area (Å²) in [5.41, 5.74) is 0.491. The number of rotatable bonds is 6. The zero-order valence-corrected chi connectivity index (χ0v) is 15.3. The summed E-state index contributed by atoms with van der Waals surface area (Å²) in [7, 11) is 0. The third-order valence-electron chi connectivity index (χ3n) is 3.55. The summed E-state index contributed by atoms with van der Waals surface area (Å²) < 4.78 is 12.7. The molecular formula is C15H21Br2NO3. The van der Waals surface area contributed by atoms with Crippen molar-refractivity contribution in [3.05, 3.63) is 26.6 Å². The maximum Gasteiger partial charge on any atom is 0.147 e. The van der Waals surface area contributed by atoms with Crippen molar-refractivity contribution in [3.8, 4) is 5.75 Å². The maximum absolute atomic E-state index is 10.4. The molecule has 6 heteroatoms. The summed E-state index contributed by atoms with van der Waals surface area (Å²) in [5, 5.41) is 13.7. The molecule has 0 radical (unpaired) electrons. The molecule has 0 amide bonds. The van der Waals surface area contributed by atoms with Gasteiger partial charge >= 0.3 is 0 Å². The van der Waals surface area contributed by atoms with Crippen LogP contribution in [0.3, 0.4) is 0 Å². The Hall–Kier alpha value is -0.140. The molecule has 1 aliphatic rings. The van der Waals surface area contributed by atoms with Gasteiger partial charge in [-0.2, -0.15) is 0 Å². The van der Waals surface area contributed by atoms with Gasteiger partial charge in [-0.05, 0) is 56.5 Å². The molecule has 0 atom stereocenters. The molecule has 1 fully saturated rings. The minimum Gasteiger partial charge on any atom is -0.492 e. The zero-order chi connectivity index (χ0) is 15.3. The molecule has 1 heterocycles. The summed E-state index contributed by atoms with van der Waals surface area (Å²) >= 11 is 7.06. The number of halogens is 2. The molecule has 0 unspecified atom stereocenters. The van der Waals surface area contributed by atoms with Crippen LogP contribution in [0.25, 0.3) is 0 Å². The molecule has 0 aliphatic carbocycles. The highest BCUT2D eigenvalue weighted by Gasteiger charge is 2.29. The van der Waals surface area contributed by atoms with E-state index in [1.165, 1.54) is 0 Å². The highest BCUT2D eigenvalue weighted by Crippen LogP contribution is 2.34. The van der Waals surface area contributed by atoms with E-state index in [4.69, 9.17) is 9.47 Å². The van der Waals surface area contributed by atoms with E-state index in [1.807, 2.05) is 19.1 Å². The molecule has 21 heavy (non-hydrogen) atoms. The van der Waals surface area contributed by atoms with Gasteiger partial charge in [-0.1, -0.05) is 0 Å². The van der Waals surface area contributed by atoms with Crippen LogP contribution in [0.5, 0.6) is 5.75 Å². The summed E-state index contributed by atoms with van der Waals surface area (Å²) in [6, 6.07) is 4.08. The van der Waals surface area contributed by atoms with Gasteiger partial charge in [0, 0.05) is 39.1 Å². The molecule has 2 N–H and O–H groups in total. The van der Waals surface area contributed by atoms with Gasteiger partial charge in [-0.15, -0.1) is 0 Å². The molecule has 1 aromatic carbocycles. The van der Waals surface area contributed by atoms with Gasteiger partial charge in [0.05, 0.1) is 21.2 Å². The first-order valence-electron chi connectivity index (χ1n) is 7.15. The van der Waals surface area contributed by atoms with Gasteiger partial charge < -0.3 is 19.9 Å². The van der Waals surface area contributed by atoms with Gasteiger partial charge in [0.1, 0.15) is 5.75 Å².